The van der Waals surface area contributed by atoms with Crippen molar-refractivity contribution >= 4 is 29.1 Å². The molecule has 31 heavy (non-hydrogen) atoms. The maximum Gasteiger partial charge on any atom is 0.162 e. The minimum absolute atomic E-state index is 0.0366. The Bertz CT molecular complexity index is 1030. The van der Waals surface area contributed by atoms with Crippen LogP contribution in [0.4, 0.5) is 0 Å². The van der Waals surface area contributed by atoms with E-state index < -0.39 is 0 Å². The zero-order valence-corrected chi connectivity index (χ0v) is 19.1. The number of ether oxygens (including phenoxy) is 1. The third-order valence-electron chi connectivity index (χ3n) is 5.49. The Hall–Kier alpha value is -2.64. The monoisotopic (exact) mass is 435 g/mol. The molecular formula is C24H29N5OS. The van der Waals surface area contributed by atoms with Gasteiger partial charge in [0.15, 0.2) is 5.82 Å². The zero-order chi connectivity index (χ0) is 21.8. The van der Waals surface area contributed by atoms with E-state index in [0.29, 0.717) is 17.3 Å². The maximum absolute atomic E-state index is 7.73. The van der Waals surface area contributed by atoms with Crippen LogP contribution in [0.3, 0.4) is 0 Å². The van der Waals surface area contributed by atoms with Crippen molar-refractivity contribution in [2.24, 2.45) is 5.92 Å². The molecule has 6 nitrogen and oxygen atoms in total. The second-order valence-corrected chi connectivity index (χ2v) is 9.06. The van der Waals surface area contributed by atoms with Crippen LogP contribution in [0.5, 0.6) is 5.75 Å². The molecule has 1 atom stereocenters. The summed E-state index contributed by atoms with van der Waals surface area (Å²) in [6.45, 7) is 2.93. The van der Waals surface area contributed by atoms with Crippen molar-refractivity contribution in [2.75, 3.05) is 26.5 Å². The molecule has 3 N–H and O–H groups in total. The molecule has 7 heteroatoms. The highest BCUT2D eigenvalue weighted by Gasteiger charge is 2.29. The highest BCUT2D eigenvalue weighted by Crippen LogP contribution is 2.42. The Morgan fingerprint density at radius 3 is 2.84 bits per heavy atom. The largest absolute Gasteiger partial charge is 0.493 e. The molecule has 1 unspecified atom stereocenters. The lowest BCUT2D eigenvalue weighted by atomic mass is 10.0. The van der Waals surface area contributed by atoms with Gasteiger partial charge in [0.2, 0.25) is 0 Å². The van der Waals surface area contributed by atoms with Crippen molar-refractivity contribution in [3.63, 3.8) is 0 Å². The van der Waals surface area contributed by atoms with Crippen LogP contribution in [0.1, 0.15) is 48.5 Å². The average Bonchev–Trinajstić information content (AvgIpc) is 3.55. The molecule has 0 aliphatic heterocycles. The third-order valence-corrected chi connectivity index (χ3v) is 6.36. The SMILES string of the molecule is CCSc1ccc(OCC2CC2)c(C2=CC(NC)c3cnc(/C(C=N)=C/NC)nc32)c1. The minimum Gasteiger partial charge on any atom is -0.493 e. The first kappa shape index (κ1) is 21.6. The topological polar surface area (TPSA) is 82.9 Å². The number of nitrogens with one attached hydrogen (secondary N) is 3. The summed E-state index contributed by atoms with van der Waals surface area (Å²) in [6.07, 6.45) is 9.60. The Kier molecular flexibility index (Phi) is 6.73. The summed E-state index contributed by atoms with van der Waals surface area (Å²) in [5.74, 6) is 3.13. The van der Waals surface area contributed by atoms with Crippen molar-refractivity contribution in [3.05, 3.63) is 59.3 Å². The first-order valence-corrected chi connectivity index (χ1v) is 11.7. The van der Waals surface area contributed by atoms with Gasteiger partial charge in [-0.3, -0.25) is 0 Å². The molecule has 0 saturated heterocycles. The number of hydrogen-bond acceptors (Lipinski definition) is 7. The second kappa shape index (κ2) is 9.66. The van der Waals surface area contributed by atoms with Gasteiger partial charge >= 0.3 is 0 Å². The number of benzene rings is 1. The zero-order valence-electron chi connectivity index (χ0n) is 18.2. The second-order valence-electron chi connectivity index (χ2n) is 7.72. The van der Waals surface area contributed by atoms with Crippen molar-refractivity contribution in [2.45, 2.75) is 30.7 Å². The number of hydrogen-bond donors (Lipinski definition) is 3. The molecule has 1 fully saturated rings. The molecule has 1 aromatic heterocycles. The van der Waals surface area contributed by atoms with Gasteiger partial charge in [0.05, 0.1) is 23.9 Å². The molecule has 162 valence electrons. The third kappa shape index (κ3) is 4.67. The first-order chi connectivity index (χ1) is 15.2. The van der Waals surface area contributed by atoms with Crippen LogP contribution in [0.25, 0.3) is 11.1 Å². The van der Waals surface area contributed by atoms with Gasteiger partial charge in [0.25, 0.3) is 0 Å². The van der Waals surface area contributed by atoms with E-state index in [4.69, 9.17) is 15.1 Å². The fourth-order valence-electron chi connectivity index (χ4n) is 3.69. The predicted octanol–water partition coefficient (Wildman–Crippen LogP) is 4.29. The summed E-state index contributed by atoms with van der Waals surface area (Å²) >= 11 is 1.82. The van der Waals surface area contributed by atoms with Crippen molar-refractivity contribution < 1.29 is 4.74 Å². The number of allylic oxidation sites excluding steroid dienone is 1. The lowest BCUT2D eigenvalue weighted by Gasteiger charge is -2.15. The molecule has 0 bridgehead atoms. The number of fused-ring (bicyclic) bond motifs is 1. The Balaban J connectivity index is 1.79. The van der Waals surface area contributed by atoms with E-state index in [9.17, 15) is 0 Å². The van der Waals surface area contributed by atoms with Crippen LogP contribution in [0.15, 0.2) is 41.6 Å². The number of likely N-dealkylation sites (N-methyl/N-ethyl adjacent to an activating group) is 1. The quantitative estimate of drug-likeness (QED) is 0.381. The van der Waals surface area contributed by atoms with Crippen LogP contribution >= 0.6 is 11.8 Å². The Labute approximate surface area is 188 Å². The van der Waals surface area contributed by atoms with Gasteiger partial charge in [-0.25, -0.2) is 9.97 Å². The van der Waals surface area contributed by atoms with Crippen molar-refractivity contribution in [1.82, 2.24) is 20.6 Å². The summed E-state index contributed by atoms with van der Waals surface area (Å²) in [4.78, 5) is 10.6. The van der Waals surface area contributed by atoms with Gasteiger partial charge in [0, 0.05) is 47.3 Å². The molecule has 2 aliphatic rings. The summed E-state index contributed by atoms with van der Waals surface area (Å²) in [5.41, 5.74) is 4.69. The first-order valence-electron chi connectivity index (χ1n) is 10.7. The molecule has 1 heterocycles. The number of nitrogens with zero attached hydrogens (tertiary/aromatic N) is 2. The smallest absolute Gasteiger partial charge is 0.162 e. The summed E-state index contributed by atoms with van der Waals surface area (Å²) in [7, 11) is 3.75. The number of aromatic nitrogens is 2. The van der Waals surface area contributed by atoms with Gasteiger partial charge < -0.3 is 20.8 Å². The summed E-state index contributed by atoms with van der Waals surface area (Å²) in [6, 6.07) is 6.48. The van der Waals surface area contributed by atoms with Gasteiger partial charge in [0.1, 0.15) is 5.75 Å². The normalized spacial score (nSPS) is 17.8. The number of rotatable bonds is 10. The molecule has 1 saturated carbocycles. The molecule has 0 radical (unpaired) electrons. The van der Waals surface area contributed by atoms with E-state index in [2.05, 4.69) is 46.8 Å². The van der Waals surface area contributed by atoms with Crippen LogP contribution in [0.2, 0.25) is 0 Å². The average molecular weight is 436 g/mol. The van der Waals surface area contributed by atoms with Crippen LogP contribution in [0, 0.1) is 11.3 Å². The predicted molar refractivity (Wildman–Crippen MR) is 128 cm³/mol. The van der Waals surface area contributed by atoms with Gasteiger partial charge in [-0.15, -0.1) is 11.8 Å². The van der Waals surface area contributed by atoms with E-state index in [1.807, 2.05) is 25.0 Å². The molecule has 0 amide bonds. The van der Waals surface area contributed by atoms with Gasteiger partial charge in [-0.05, 0) is 49.8 Å². The van der Waals surface area contributed by atoms with Crippen molar-refractivity contribution in [1.29, 1.82) is 5.41 Å². The molecular weight excluding hydrogens is 406 g/mol. The van der Waals surface area contributed by atoms with E-state index in [0.717, 1.165) is 40.5 Å². The summed E-state index contributed by atoms with van der Waals surface area (Å²) < 4.78 is 6.26. The van der Waals surface area contributed by atoms with E-state index in [-0.39, 0.29) is 6.04 Å². The lowest BCUT2D eigenvalue weighted by molar-refractivity contribution is 0.299. The number of thioether (sulfide) groups is 1. The highest BCUT2D eigenvalue weighted by molar-refractivity contribution is 7.99. The molecule has 2 aliphatic carbocycles. The van der Waals surface area contributed by atoms with E-state index in [1.54, 1.807) is 13.2 Å². The van der Waals surface area contributed by atoms with Crippen LogP contribution in [-0.2, 0) is 0 Å². The summed E-state index contributed by atoms with van der Waals surface area (Å²) in [5, 5.41) is 14.1. The standard InChI is InChI=1S/C24H29N5OS/c1-4-31-17-7-8-22(30-14-15-5-6-15)18(9-17)19-10-21(27-3)20-13-28-24(29-23(19)20)16(11-25)12-26-2/h7-13,15,21,25-27H,4-6,14H2,1-3H3/b16-12+,25-11?. The van der Waals surface area contributed by atoms with E-state index >= 15 is 0 Å². The van der Waals surface area contributed by atoms with Crippen molar-refractivity contribution in [3.8, 4) is 5.75 Å². The lowest BCUT2D eigenvalue weighted by Crippen LogP contribution is -2.13. The molecule has 1 aromatic carbocycles. The highest BCUT2D eigenvalue weighted by atomic mass is 32.2. The Morgan fingerprint density at radius 2 is 2.16 bits per heavy atom. The molecule has 4 rings (SSSR count). The fraction of sp³-hybridized carbons (Fsp3) is 0.375. The van der Waals surface area contributed by atoms with Gasteiger partial charge in [-0.1, -0.05) is 13.0 Å². The minimum atomic E-state index is 0.0366. The van der Waals surface area contributed by atoms with E-state index in [1.165, 1.54) is 24.0 Å². The van der Waals surface area contributed by atoms with Crippen LogP contribution < -0.4 is 15.4 Å². The fourth-order valence-corrected chi connectivity index (χ4v) is 4.38. The van der Waals surface area contributed by atoms with Crippen LogP contribution in [-0.4, -0.2) is 42.6 Å². The molecule has 2 aromatic rings. The maximum atomic E-state index is 7.73. The Morgan fingerprint density at radius 1 is 1.32 bits per heavy atom. The van der Waals surface area contributed by atoms with Gasteiger partial charge in [-0.2, -0.15) is 0 Å². The molecule has 0 spiro atoms.